The highest BCUT2D eigenvalue weighted by Gasteiger charge is 2.04. The maximum absolute atomic E-state index is 11.4. The first kappa shape index (κ1) is 10.3. The van der Waals surface area contributed by atoms with Crippen molar-refractivity contribution in [3.05, 3.63) is 35.4 Å². The lowest BCUT2D eigenvalue weighted by atomic mass is 10.1. The van der Waals surface area contributed by atoms with E-state index < -0.39 is 0 Å². The second kappa shape index (κ2) is 5.08. The van der Waals surface area contributed by atoms with Crippen LogP contribution in [0.5, 0.6) is 0 Å². The first-order chi connectivity index (χ1) is 6.74. The third kappa shape index (κ3) is 2.95. The van der Waals surface area contributed by atoms with E-state index >= 15 is 0 Å². The molecule has 0 atom stereocenters. The second-order valence-corrected chi connectivity index (χ2v) is 2.87. The Bertz CT molecular complexity index is 383. The molecule has 0 bridgehead atoms. The van der Waals surface area contributed by atoms with E-state index in [-0.39, 0.29) is 12.6 Å². The second-order valence-electron chi connectivity index (χ2n) is 2.87. The summed E-state index contributed by atoms with van der Waals surface area (Å²) in [6.07, 6.45) is 0. The summed E-state index contributed by atoms with van der Waals surface area (Å²) in [5.41, 5.74) is 1.61. The molecule has 0 heterocycles. The van der Waals surface area contributed by atoms with Crippen LogP contribution >= 0.6 is 0 Å². The van der Waals surface area contributed by atoms with Gasteiger partial charge in [-0.15, -0.1) is 5.92 Å². The van der Waals surface area contributed by atoms with Crippen LogP contribution in [0.25, 0.3) is 0 Å². The topological polar surface area (TPSA) is 26.3 Å². The van der Waals surface area contributed by atoms with Crippen LogP contribution in [0.4, 0.5) is 0 Å². The van der Waals surface area contributed by atoms with E-state index in [0.29, 0.717) is 5.56 Å². The number of rotatable bonds is 2. The molecular weight excluding hydrogens is 176 g/mol. The van der Waals surface area contributed by atoms with E-state index in [2.05, 4.69) is 11.8 Å². The van der Waals surface area contributed by atoms with E-state index in [9.17, 15) is 4.79 Å². The number of carbonyl (C=O) groups excluding carboxylic acids is 1. The fourth-order valence-electron chi connectivity index (χ4n) is 1.03. The first-order valence-corrected chi connectivity index (χ1v) is 4.37. The van der Waals surface area contributed by atoms with Gasteiger partial charge in [-0.3, -0.25) is 0 Å². The molecule has 0 aliphatic rings. The SMILES string of the molecule is CC#CCOC(=O)c1cccc(C)c1. The van der Waals surface area contributed by atoms with Crippen molar-refractivity contribution < 1.29 is 9.53 Å². The largest absolute Gasteiger partial charge is 0.449 e. The highest BCUT2D eigenvalue weighted by atomic mass is 16.5. The highest BCUT2D eigenvalue weighted by Crippen LogP contribution is 2.05. The number of esters is 1. The van der Waals surface area contributed by atoms with Crippen molar-refractivity contribution in [2.24, 2.45) is 0 Å². The van der Waals surface area contributed by atoms with Gasteiger partial charge in [0.05, 0.1) is 5.56 Å². The Kier molecular flexibility index (Phi) is 3.75. The summed E-state index contributed by atoms with van der Waals surface area (Å²) in [7, 11) is 0. The molecule has 0 saturated carbocycles. The molecule has 0 spiro atoms. The fraction of sp³-hybridized carbons (Fsp3) is 0.250. The monoisotopic (exact) mass is 188 g/mol. The van der Waals surface area contributed by atoms with E-state index in [1.807, 2.05) is 19.1 Å². The molecule has 0 unspecified atom stereocenters. The van der Waals surface area contributed by atoms with Crippen LogP contribution in [-0.2, 0) is 4.74 Å². The third-order valence-corrected chi connectivity index (χ3v) is 1.71. The van der Waals surface area contributed by atoms with Crippen molar-refractivity contribution >= 4 is 5.97 Å². The van der Waals surface area contributed by atoms with E-state index in [4.69, 9.17) is 4.74 Å². The van der Waals surface area contributed by atoms with Gasteiger partial charge in [0.2, 0.25) is 0 Å². The lowest BCUT2D eigenvalue weighted by molar-refractivity contribution is 0.0556. The van der Waals surface area contributed by atoms with Crippen molar-refractivity contribution in [3.63, 3.8) is 0 Å². The molecule has 0 aliphatic carbocycles. The van der Waals surface area contributed by atoms with Gasteiger partial charge in [-0.05, 0) is 26.0 Å². The van der Waals surface area contributed by atoms with Crippen LogP contribution in [0.3, 0.4) is 0 Å². The van der Waals surface area contributed by atoms with Crippen molar-refractivity contribution in [2.45, 2.75) is 13.8 Å². The molecule has 1 aromatic carbocycles. The molecule has 2 nitrogen and oxygen atoms in total. The van der Waals surface area contributed by atoms with Gasteiger partial charge >= 0.3 is 5.97 Å². The molecule has 0 saturated heterocycles. The minimum atomic E-state index is -0.323. The predicted molar refractivity (Wildman–Crippen MR) is 54.9 cm³/mol. The van der Waals surface area contributed by atoms with Crippen LogP contribution in [0.1, 0.15) is 22.8 Å². The lowest BCUT2D eigenvalue weighted by Crippen LogP contribution is -2.05. The molecule has 0 aromatic heterocycles. The van der Waals surface area contributed by atoms with Crippen LogP contribution in [-0.4, -0.2) is 12.6 Å². The number of carbonyl (C=O) groups is 1. The molecule has 0 N–H and O–H groups in total. The number of benzene rings is 1. The van der Waals surface area contributed by atoms with Crippen molar-refractivity contribution in [3.8, 4) is 11.8 Å². The number of aryl methyl sites for hydroxylation is 1. The van der Waals surface area contributed by atoms with E-state index in [1.54, 1.807) is 19.1 Å². The Balaban J connectivity index is 2.63. The Labute approximate surface area is 83.9 Å². The summed E-state index contributed by atoms with van der Waals surface area (Å²) in [6, 6.07) is 7.29. The van der Waals surface area contributed by atoms with Crippen molar-refractivity contribution in [1.82, 2.24) is 0 Å². The smallest absolute Gasteiger partial charge is 0.339 e. The zero-order valence-electron chi connectivity index (χ0n) is 8.33. The maximum Gasteiger partial charge on any atom is 0.339 e. The summed E-state index contributed by atoms with van der Waals surface area (Å²) >= 11 is 0. The predicted octanol–water partition coefficient (Wildman–Crippen LogP) is 2.18. The lowest BCUT2D eigenvalue weighted by Gasteiger charge is -2.01. The molecule has 1 rings (SSSR count). The molecule has 0 radical (unpaired) electrons. The Morgan fingerprint density at radius 3 is 2.93 bits per heavy atom. The Hall–Kier alpha value is -1.75. The molecule has 14 heavy (non-hydrogen) atoms. The van der Waals surface area contributed by atoms with E-state index in [0.717, 1.165) is 5.56 Å². The van der Waals surface area contributed by atoms with Gasteiger partial charge in [-0.1, -0.05) is 23.6 Å². The number of ether oxygens (including phenoxy) is 1. The molecule has 0 fully saturated rings. The zero-order chi connectivity index (χ0) is 10.4. The average Bonchev–Trinajstić information content (AvgIpc) is 2.18. The molecular formula is C12H12O2. The minimum Gasteiger partial charge on any atom is -0.449 e. The first-order valence-electron chi connectivity index (χ1n) is 4.37. The number of hydrogen-bond donors (Lipinski definition) is 0. The van der Waals surface area contributed by atoms with E-state index in [1.165, 1.54) is 0 Å². The molecule has 1 aromatic rings. The van der Waals surface area contributed by atoms with Gasteiger partial charge in [0.1, 0.15) is 0 Å². The van der Waals surface area contributed by atoms with Crippen molar-refractivity contribution in [1.29, 1.82) is 0 Å². The van der Waals surface area contributed by atoms with Crippen LogP contribution in [0, 0.1) is 18.8 Å². The molecule has 72 valence electrons. The summed E-state index contributed by atoms with van der Waals surface area (Å²) < 4.78 is 4.91. The maximum atomic E-state index is 11.4. The summed E-state index contributed by atoms with van der Waals surface area (Å²) in [6.45, 7) is 3.80. The average molecular weight is 188 g/mol. The standard InChI is InChI=1S/C12H12O2/c1-3-4-8-14-12(13)11-7-5-6-10(2)9-11/h5-7,9H,8H2,1-2H3. The fourth-order valence-corrected chi connectivity index (χ4v) is 1.03. The van der Waals surface area contributed by atoms with Gasteiger partial charge in [-0.2, -0.15) is 0 Å². The van der Waals surface area contributed by atoms with Crippen LogP contribution < -0.4 is 0 Å². The van der Waals surface area contributed by atoms with Gasteiger partial charge in [0.25, 0.3) is 0 Å². The normalized spacial score (nSPS) is 8.71. The summed E-state index contributed by atoms with van der Waals surface area (Å²) in [4.78, 5) is 11.4. The third-order valence-electron chi connectivity index (χ3n) is 1.71. The van der Waals surface area contributed by atoms with Gasteiger partial charge in [0.15, 0.2) is 6.61 Å². The van der Waals surface area contributed by atoms with Crippen LogP contribution in [0.2, 0.25) is 0 Å². The molecule has 2 heteroatoms. The molecule has 0 amide bonds. The zero-order valence-corrected chi connectivity index (χ0v) is 8.33. The Morgan fingerprint density at radius 2 is 2.29 bits per heavy atom. The van der Waals surface area contributed by atoms with Gasteiger partial charge in [-0.25, -0.2) is 4.79 Å². The van der Waals surface area contributed by atoms with Crippen LogP contribution in [0.15, 0.2) is 24.3 Å². The minimum absolute atomic E-state index is 0.156. The highest BCUT2D eigenvalue weighted by molar-refractivity contribution is 5.89. The summed E-state index contributed by atoms with van der Waals surface area (Å²) in [5, 5.41) is 0. The Morgan fingerprint density at radius 1 is 1.50 bits per heavy atom. The molecule has 0 aliphatic heterocycles. The van der Waals surface area contributed by atoms with Crippen molar-refractivity contribution in [2.75, 3.05) is 6.61 Å². The number of hydrogen-bond acceptors (Lipinski definition) is 2. The quantitative estimate of drug-likeness (QED) is 0.525. The van der Waals surface area contributed by atoms with Gasteiger partial charge < -0.3 is 4.74 Å². The van der Waals surface area contributed by atoms with Gasteiger partial charge in [0, 0.05) is 0 Å². The summed E-state index contributed by atoms with van der Waals surface area (Å²) in [5.74, 6) is 5.01.